The minimum absolute atomic E-state index is 0.0928. The van der Waals surface area contributed by atoms with E-state index in [1.54, 1.807) is 6.92 Å². The van der Waals surface area contributed by atoms with Crippen molar-refractivity contribution in [1.82, 2.24) is 0 Å². The Morgan fingerprint density at radius 3 is 2.13 bits per heavy atom. The fourth-order valence-corrected chi connectivity index (χ4v) is 3.22. The van der Waals surface area contributed by atoms with Gasteiger partial charge < -0.3 is 14.2 Å². The molecule has 0 fully saturated rings. The van der Waals surface area contributed by atoms with Crippen molar-refractivity contribution in [3.8, 4) is 0 Å². The van der Waals surface area contributed by atoms with Gasteiger partial charge in [-0.1, -0.05) is 49.6 Å². The van der Waals surface area contributed by atoms with E-state index in [2.05, 4.69) is 0 Å². The maximum Gasteiger partial charge on any atom is 0.306 e. The van der Waals surface area contributed by atoms with E-state index in [1.165, 1.54) is 0 Å². The summed E-state index contributed by atoms with van der Waals surface area (Å²) < 4.78 is 15.7. The molecular formula is C25H38O6. The van der Waals surface area contributed by atoms with E-state index in [9.17, 15) is 14.4 Å². The Kier molecular flexibility index (Phi) is 12.6. The maximum atomic E-state index is 12.2. The highest BCUT2D eigenvalue weighted by Crippen LogP contribution is 2.21. The van der Waals surface area contributed by atoms with Crippen molar-refractivity contribution in [1.29, 1.82) is 0 Å². The summed E-state index contributed by atoms with van der Waals surface area (Å²) in [5.41, 5.74) is 0.439. The summed E-state index contributed by atoms with van der Waals surface area (Å²) in [6, 6.07) is 9.62. The smallest absolute Gasteiger partial charge is 0.306 e. The Balaban J connectivity index is 2.27. The van der Waals surface area contributed by atoms with Crippen molar-refractivity contribution in [3.05, 3.63) is 35.9 Å². The van der Waals surface area contributed by atoms with Crippen LogP contribution < -0.4 is 0 Å². The third-order valence-electron chi connectivity index (χ3n) is 4.62. The number of rotatable bonds is 14. The van der Waals surface area contributed by atoms with Crippen molar-refractivity contribution >= 4 is 17.9 Å². The number of ether oxygens (including phenoxy) is 3. The molecule has 0 amide bonds. The number of esters is 3. The van der Waals surface area contributed by atoms with Gasteiger partial charge in [0.05, 0.1) is 6.61 Å². The van der Waals surface area contributed by atoms with Crippen LogP contribution in [0.15, 0.2) is 30.3 Å². The molecule has 0 aromatic heterocycles. The van der Waals surface area contributed by atoms with Crippen molar-refractivity contribution in [2.45, 2.75) is 91.3 Å². The maximum absolute atomic E-state index is 12.2. The molecule has 1 unspecified atom stereocenters. The predicted octanol–water partition coefficient (Wildman–Crippen LogP) is 5.37. The molecule has 1 rings (SSSR count). The minimum atomic E-state index is -0.541. The highest BCUT2D eigenvalue weighted by molar-refractivity contribution is 5.73. The molecule has 174 valence electrons. The first-order chi connectivity index (χ1) is 14.7. The number of hydrogen-bond acceptors (Lipinski definition) is 6. The van der Waals surface area contributed by atoms with Gasteiger partial charge in [0.1, 0.15) is 12.2 Å². The van der Waals surface area contributed by atoms with Gasteiger partial charge in [-0.3, -0.25) is 14.4 Å². The second kappa shape index (κ2) is 14.6. The first-order valence-electron chi connectivity index (χ1n) is 11.3. The zero-order valence-corrected chi connectivity index (χ0v) is 19.5. The van der Waals surface area contributed by atoms with E-state index in [-0.39, 0.29) is 36.7 Å². The molecule has 31 heavy (non-hydrogen) atoms. The first kappa shape index (κ1) is 26.7. The van der Waals surface area contributed by atoms with Crippen LogP contribution in [0.2, 0.25) is 0 Å². The molecular weight excluding hydrogens is 396 g/mol. The van der Waals surface area contributed by atoms with Crippen LogP contribution in [0.3, 0.4) is 0 Å². The van der Waals surface area contributed by atoms with Crippen LogP contribution in [-0.4, -0.2) is 30.1 Å². The molecule has 0 N–H and O–H groups in total. The monoisotopic (exact) mass is 434 g/mol. The van der Waals surface area contributed by atoms with E-state index < -0.39 is 5.60 Å². The van der Waals surface area contributed by atoms with E-state index in [1.807, 2.05) is 51.1 Å². The molecule has 0 saturated heterocycles. The zero-order valence-electron chi connectivity index (χ0n) is 19.5. The first-order valence-corrected chi connectivity index (χ1v) is 11.3. The molecule has 1 atom stereocenters. The molecule has 6 nitrogen and oxygen atoms in total. The quantitative estimate of drug-likeness (QED) is 0.222. The Morgan fingerprint density at radius 1 is 0.839 bits per heavy atom. The molecule has 1 aromatic rings. The minimum Gasteiger partial charge on any atom is -0.466 e. The van der Waals surface area contributed by atoms with Crippen molar-refractivity contribution in [2.75, 3.05) is 6.61 Å². The Morgan fingerprint density at radius 2 is 1.48 bits per heavy atom. The molecule has 0 aliphatic heterocycles. The van der Waals surface area contributed by atoms with Crippen molar-refractivity contribution in [3.63, 3.8) is 0 Å². The second-order valence-electron chi connectivity index (χ2n) is 8.76. The average molecular weight is 435 g/mol. The molecule has 0 spiro atoms. The zero-order chi connectivity index (χ0) is 23.1. The summed E-state index contributed by atoms with van der Waals surface area (Å²) in [7, 11) is 0. The van der Waals surface area contributed by atoms with Crippen LogP contribution in [-0.2, 0) is 35.2 Å². The third-order valence-corrected chi connectivity index (χ3v) is 4.62. The van der Waals surface area contributed by atoms with Gasteiger partial charge in [-0.25, -0.2) is 0 Å². The molecule has 0 aliphatic rings. The number of unbranched alkanes of at least 4 members (excludes halogenated alkanes) is 3. The van der Waals surface area contributed by atoms with Gasteiger partial charge in [-0.15, -0.1) is 0 Å². The normalized spacial score (nSPS) is 12.1. The number of hydrogen-bond donors (Lipinski definition) is 0. The lowest BCUT2D eigenvalue weighted by molar-refractivity contribution is -0.156. The SMILES string of the molecule is CCOC(=O)CC(CCCCCCC(=O)OCc1ccccc1)CC(=O)OC(C)(C)C. The summed E-state index contributed by atoms with van der Waals surface area (Å²) in [5.74, 6) is -0.848. The van der Waals surface area contributed by atoms with Crippen LogP contribution in [0.1, 0.15) is 84.6 Å². The van der Waals surface area contributed by atoms with Crippen molar-refractivity contribution in [2.24, 2.45) is 5.92 Å². The highest BCUT2D eigenvalue weighted by Gasteiger charge is 2.22. The lowest BCUT2D eigenvalue weighted by Gasteiger charge is -2.22. The van der Waals surface area contributed by atoms with Crippen molar-refractivity contribution < 1.29 is 28.6 Å². The summed E-state index contributed by atoms with van der Waals surface area (Å²) in [4.78, 5) is 35.9. The predicted molar refractivity (Wildman–Crippen MR) is 119 cm³/mol. The summed E-state index contributed by atoms with van der Waals surface area (Å²) in [6.45, 7) is 7.90. The highest BCUT2D eigenvalue weighted by atomic mass is 16.6. The molecule has 0 bridgehead atoms. The largest absolute Gasteiger partial charge is 0.466 e. The lowest BCUT2D eigenvalue weighted by atomic mass is 9.94. The fourth-order valence-electron chi connectivity index (χ4n) is 3.22. The molecule has 0 aliphatic carbocycles. The van der Waals surface area contributed by atoms with Crippen LogP contribution >= 0.6 is 0 Å². The molecule has 1 aromatic carbocycles. The molecule has 0 radical (unpaired) electrons. The van der Waals surface area contributed by atoms with Gasteiger partial charge in [0.15, 0.2) is 0 Å². The van der Waals surface area contributed by atoms with Gasteiger partial charge >= 0.3 is 17.9 Å². The van der Waals surface area contributed by atoms with Gasteiger partial charge in [-0.2, -0.15) is 0 Å². The fraction of sp³-hybridized carbons (Fsp3) is 0.640. The Hall–Kier alpha value is -2.37. The standard InChI is InChI=1S/C25H38O6/c1-5-29-23(27)17-21(18-24(28)31-25(2,3)4)15-9-6-7-12-16-22(26)30-19-20-13-10-8-11-14-20/h8,10-11,13-14,21H,5-7,9,12,15-19H2,1-4H3. The van der Waals surface area contributed by atoms with Gasteiger partial charge in [0.25, 0.3) is 0 Å². The summed E-state index contributed by atoms with van der Waals surface area (Å²) in [6.07, 6.45) is 5.06. The average Bonchev–Trinajstić information content (AvgIpc) is 2.68. The van der Waals surface area contributed by atoms with Crippen LogP contribution in [0.4, 0.5) is 0 Å². The summed E-state index contributed by atoms with van der Waals surface area (Å²) in [5, 5.41) is 0. The van der Waals surface area contributed by atoms with Gasteiger partial charge in [-0.05, 0) is 52.0 Å². The second-order valence-corrected chi connectivity index (χ2v) is 8.76. The molecule has 0 saturated carbocycles. The van der Waals surface area contributed by atoms with Crippen LogP contribution in [0.5, 0.6) is 0 Å². The van der Waals surface area contributed by atoms with Gasteiger partial charge in [0.2, 0.25) is 0 Å². The van der Waals surface area contributed by atoms with E-state index in [0.29, 0.717) is 19.6 Å². The molecule has 0 heterocycles. The summed E-state index contributed by atoms with van der Waals surface area (Å²) >= 11 is 0. The third kappa shape index (κ3) is 14.3. The molecule has 6 heteroatoms. The number of carbonyl (C=O) groups is 3. The van der Waals surface area contributed by atoms with Gasteiger partial charge in [0, 0.05) is 19.3 Å². The van der Waals surface area contributed by atoms with E-state index in [0.717, 1.165) is 37.7 Å². The van der Waals surface area contributed by atoms with E-state index in [4.69, 9.17) is 14.2 Å². The Labute approximate surface area is 186 Å². The lowest BCUT2D eigenvalue weighted by Crippen LogP contribution is -2.26. The van der Waals surface area contributed by atoms with Crippen LogP contribution in [0, 0.1) is 5.92 Å². The topological polar surface area (TPSA) is 78.9 Å². The van der Waals surface area contributed by atoms with Crippen LogP contribution in [0.25, 0.3) is 0 Å². The number of benzene rings is 1. The Bertz CT molecular complexity index is 662. The number of carbonyl (C=O) groups excluding carboxylic acids is 3. The van der Waals surface area contributed by atoms with E-state index >= 15 is 0 Å².